The molecule has 3 nitrogen and oxygen atoms in total. The maximum absolute atomic E-state index is 13.0. The van der Waals surface area contributed by atoms with Crippen molar-refractivity contribution in [1.82, 2.24) is 4.98 Å². The normalized spacial score (nSPS) is 12.3. The van der Waals surface area contributed by atoms with Crippen molar-refractivity contribution in [3.05, 3.63) is 64.2 Å². The zero-order valence-electron chi connectivity index (χ0n) is 15.8. The van der Waals surface area contributed by atoms with E-state index in [0.29, 0.717) is 16.3 Å². The molecule has 0 bridgehead atoms. The number of halogens is 6. The number of aryl methyl sites for hydroxylation is 1. The van der Waals surface area contributed by atoms with Crippen LogP contribution in [0.2, 0.25) is 0 Å². The molecule has 0 aliphatic carbocycles. The first-order chi connectivity index (χ1) is 13.9. The Morgan fingerprint density at radius 2 is 1.60 bits per heavy atom. The molecule has 0 aliphatic heterocycles. The minimum absolute atomic E-state index is 0.242. The number of hydrogen-bond acceptors (Lipinski definition) is 4. The van der Waals surface area contributed by atoms with Crippen LogP contribution in [0.5, 0.6) is 5.75 Å². The highest BCUT2D eigenvalue weighted by Gasteiger charge is 2.34. The molecule has 0 spiro atoms. The second-order valence-corrected chi connectivity index (χ2v) is 7.74. The van der Waals surface area contributed by atoms with Gasteiger partial charge in [-0.25, -0.2) is 4.98 Å². The topological polar surface area (TPSA) is 36.4 Å². The number of nitrogens with zero attached hydrogens (tertiary/aromatic N) is 2. The third kappa shape index (κ3) is 4.69. The average molecular weight is 446 g/mol. The molecule has 1 heterocycles. The molecule has 0 saturated heterocycles. The number of alkyl halides is 6. The standard InChI is InChI=1S/C20H16F6N2OS/c1-11-17(10-28(2)14-7-8-16(29)15(9-14)20(24,25)26)30-18(27-11)12-3-5-13(6-4-12)19(21,22)23/h3-9,29H,10H2,1-2H3. The van der Waals surface area contributed by atoms with Crippen LogP contribution in [-0.4, -0.2) is 17.1 Å². The van der Waals surface area contributed by atoms with Crippen LogP contribution in [0, 0.1) is 6.92 Å². The van der Waals surface area contributed by atoms with Crippen LogP contribution in [0.3, 0.4) is 0 Å². The van der Waals surface area contributed by atoms with Gasteiger partial charge in [-0.3, -0.25) is 0 Å². The summed E-state index contributed by atoms with van der Waals surface area (Å²) >= 11 is 1.26. The van der Waals surface area contributed by atoms with E-state index in [9.17, 15) is 31.4 Å². The van der Waals surface area contributed by atoms with Crippen LogP contribution in [0.15, 0.2) is 42.5 Å². The minimum Gasteiger partial charge on any atom is -0.507 e. The molecule has 0 amide bonds. The molecule has 2 aromatic carbocycles. The lowest BCUT2D eigenvalue weighted by atomic mass is 10.1. The summed E-state index contributed by atoms with van der Waals surface area (Å²) in [6.45, 7) is 1.97. The van der Waals surface area contributed by atoms with Gasteiger partial charge in [0.2, 0.25) is 0 Å². The molecule has 0 radical (unpaired) electrons. The highest BCUT2D eigenvalue weighted by molar-refractivity contribution is 7.15. The number of rotatable bonds is 4. The van der Waals surface area contributed by atoms with Crippen molar-refractivity contribution in [1.29, 1.82) is 0 Å². The fourth-order valence-corrected chi connectivity index (χ4v) is 3.92. The van der Waals surface area contributed by atoms with Gasteiger partial charge in [-0.2, -0.15) is 26.3 Å². The van der Waals surface area contributed by atoms with Gasteiger partial charge in [-0.05, 0) is 37.3 Å². The Labute approximate surface area is 172 Å². The first-order valence-corrected chi connectivity index (χ1v) is 9.43. The molecule has 1 N–H and O–H groups in total. The summed E-state index contributed by atoms with van der Waals surface area (Å²) in [5.41, 5.74) is -0.472. The monoisotopic (exact) mass is 446 g/mol. The Kier molecular flexibility index (Phi) is 5.72. The number of benzene rings is 2. The van der Waals surface area contributed by atoms with Gasteiger partial charge in [0.15, 0.2) is 0 Å². The van der Waals surface area contributed by atoms with Crippen LogP contribution >= 0.6 is 11.3 Å². The van der Waals surface area contributed by atoms with Gasteiger partial charge in [-0.1, -0.05) is 12.1 Å². The fraction of sp³-hybridized carbons (Fsp3) is 0.250. The van der Waals surface area contributed by atoms with Crippen LogP contribution in [0.25, 0.3) is 10.6 Å². The third-order valence-electron chi connectivity index (χ3n) is 4.46. The smallest absolute Gasteiger partial charge is 0.420 e. The van der Waals surface area contributed by atoms with Crippen molar-refractivity contribution in [2.75, 3.05) is 11.9 Å². The zero-order valence-corrected chi connectivity index (χ0v) is 16.6. The second kappa shape index (κ2) is 7.82. The zero-order chi connectivity index (χ0) is 22.3. The molecule has 1 aromatic heterocycles. The van der Waals surface area contributed by atoms with Gasteiger partial charge < -0.3 is 10.0 Å². The van der Waals surface area contributed by atoms with Gasteiger partial charge in [0, 0.05) is 23.2 Å². The van der Waals surface area contributed by atoms with Crippen molar-refractivity contribution in [3.63, 3.8) is 0 Å². The van der Waals surface area contributed by atoms with E-state index in [1.807, 2.05) is 0 Å². The number of anilines is 1. The van der Waals surface area contributed by atoms with Crippen LogP contribution < -0.4 is 4.90 Å². The van der Waals surface area contributed by atoms with Gasteiger partial charge in [0.25, 0.3) is 0 Å². The van der Waals surface area contributed by atoms with Crippen molar-refractivity contribution in [2.24, 2.45) is 0 Å². The molecule has 0 atom stereocenters. The Balaban J connectivity index is 1.83. The number of hydrogen-bond donors (Lipinski definition) is 1. The Morgan fingerprint density at radius 1 is 0.967 bits per heavy atom. The summed E-state index contributed by atoms with van der Waals surface area (Å²) < 4.78 is 77.2. The number of phenolic OH excluding ortho intramolecular Hbond substituents is 1. The van der Waals surface area contributed by atoms with Crippen molar-refractivity contribution >= 4 is 17.0 Å². The third-order valence-corrected chi connectivity index (χ3v) is 5.65. The summed E-state index contributed by atoms with van der Waals surface area (Å²) in [4.78, 5) is 6.71. The molecule has 160 valence electrons. The SMILES string of the molecule is Cc1nc(-c2ccc(C(F)(F)F)cc2)sc1CN(C)c1ccc(O)c(C(F)(F)F)c1. The molecule has 0 saturated carbocycles. The molecular weight excluding hydrogens is 430 g/mol. The van der Waals surface area contributed by atoms with Crippen LogP contribution in [0.4, 0.5) is 32.0 Å². The predicted octanol–water partition coefficient (Wildman–Crippen LogP) is 6.50. The molecule has 3 rings (SSSR count). The van der Waals surface area contributed by atoms with E-state index in [4.69, 9.17) is 0 Å². The highest BCUT2D eigenvalue weighted by atomic mass is 32.1. The molecular formula is C20H16F6N2OS. The van der Waals surface area contributed by atoms with E-state index in [1.54, 1.807) is 18.9 Å². The lowest BCUT2D eigenvalue weighted by Gasteiger charge is -2.20. The van der Waals surface area contributed by atoms with Crippen LogP contribution in [0.1, 0.15) is 21.7 Å². The van der Waals surface area contributed by atoms with E-state index < -0.39 is 29.2 Å². The predicted molar refractivity (Wildman–Crippen MR) is 103 cm³/mol. The summed E-state index contributed by atoms with van der Waals surface area (Å²) in [5.74, 6) is -0.849. The molecule has 0 aliphatic rings. The molecule has 10 heteroatoms. The molecule has 30 heavy (non-hydrogen) atoms. The lowest BCUT2D eigenvalue weighted by molar-refractivity contribution is -0.139. The van der Waals surface area contributed by atoms with E-state index in [1.165, 1.54) is 29.5 Å². The average Bonchev–Trinajstić information content (AvgIpc) is 3.01. The van der Waals surface area contributed by atoms with E-state index >= 15 is 0 Å². The summed E-state index contributed by atoms with van der Waals surface area (Å²) in [7, 11) is 1.60. The Morgan fingerprint density at radius 3 is 2.17 bits per heavy atom. The number of aromatic nitrogens is 1. The Bertz CT molecular complexity index is 1040. The molecule has 3 aromatic rings. The quantitative estimate of drug-likeness (QED) is 0.465. The number of aromatic hydroxyl groups is 1. The highest BCUT2D eigenvalue weighted by Crippen LogP contribution is 2.38. The summed E-state index contributed by atoms with van der Waals surface area (Å²) in [5, 5.41) is 9.99. The van der Waals surface area contributed by atoms with Gasteiger partial charge in [-0.15, -0.1) is 11.3 Å². The first-order valence-electron chi connectivity index (χ1n) is 8.61. The molecule has 0 unspecified atom stereocenters. The fourth-order valence-electron chi connectivity index (χ4n) is 2.80. The van der Waals surface area contributed by atoms with Gasteiger partial charge in [0.1, 0.15) is 10.8 Å². The maximum atomic E-state index is 13.0. The number of thiazole rings is 1. The first kappa shape index (κ1) is 21.9. The van der Waals surface area contributed by atoms with Gasteiger partial charge >= 0.3 is 12.4 Å². The van der Waals surface area contributed by atoms with E-state index in [2.05, 4.69) is 4.98 Å². The summed E-state index contributed by atoms with van der Waals surface area (Å²) in [6, 6.07) is 7.86. The molecule has 0 fully saturated rings. The Hall–Kier alpha value is -2.75. The van der Waals surface area contributed by atoms with Crippen molar-refractivity contribution in [3.8, 4) is 16.3 Å². The second-order valence-electron chi connectivity index (χ2n) is 6.66. The summed E-state index contributed by atoms with van der Waals surface area (Å²) in [6.07, 6.45) is -9.11. The van der Waals surface area contributed by atoms with Gasteiger partial charge in [0.05, 0.1) is 23.4 Å². The van der Waals surface area contributed by atoms with E-state index in [-0.39, 0.29) is 12.2 Å². The van der Waals surface area contributed by atoms with Crippen molar-refractivity contribution < 1.29 is 31.4 Å². The largest absolute Gasteiger partial charge is 0.507 e. The van der Waals surface area contributed by atoms with Crippen molar-refractivity contribution in [2.45, 2.75) is 25.8 Å². The number of phenols is 1. The lowest BCUT2D eigenvalue weighted by Crippen LogP contribution is -2.17. The minimum atomic E-state index is -4.68. The van der Waals surface area contributed by atoms with Crippen LogP contribution in [-0.2, 0) is 18.9 Å². The van der Waals surface area contributed by atoms with E-state index in [0.717, 1.165) is 29.1 Å². The maximum Gasteiger partial charge on any atom is 0.420 e.